The Morgan fingerprint density at radius 2 is 1.92 bits per heavy atom. The zero-order valence-corrected chi connectivity index (χ0v) is 14.4. The fraction of sp³-hybridized carbons (Fsp3) is 0.278. The van der Waals surface area contributed by atoms with E-state index in [0.717, 1.165) is 18.4 Å². The van der Waals surface area contributed by atoms with Crippen LogP contribution in [-0.2, 0) is 0 Å². The number of rotatable bonds is 6. The van der Waals surface area contributed by atoms with Crippen molar-refractivity contribution < 1.29 is 9.72 Å². The second-order valence-electron chi connectivity index (χ2n) is 6.15. The summed E-state index contributed by atoms with van der Waals surface area (Å²) in [5.41, 5.74) is 1.53. The number of hydrogen-bond acceptors (Lipinski definition) is 4. The van der Waals surface area contributed by atoms with Gasteiger partial charge in [0.15, 0.2) is 0 Å². The lowest BCUT2D eigenvalue weighted by molar-refractivity contribution is -0.384. The molecule has 2 aromatic carbocycles. The molecular weight excluding hydrogens is 342 g/mol. The molecule has 0 radical (unpaired) electrons. The first-order chi connectivity index (χ1) is 11.9. The quantitative estimate of drug-likeness (QED) is 0.594. The molecule has 1 unspecified atom stereocenters. The number of nitrogens with one attached hydrogen (secondary N) is 2. The Morgan fingerprint density at radius 1 is 1.24 bits per heavy atom. The van der Waals surface area contributed by atoms with E-state index in [1.165, 1.54) is 6.07 Å². The average Bonchev–Trinajstić information content (AvgIpc) is 3.39. The maximum Gasteiger partial charge on any atom is 0.293 e. The van der Waals surface area contributed by atoms with E-state index in [9.17, 15) is 14.9 Å². The number of hydrogen-bond donors (Lipinski definition) is 2. The number of amides is 1. The minimum absolute atomic E-state index is 0.0845. The molecule has 130 valence electrons. The zero-order chi connectivity index (χ0) is 18.0. The van der Waals surface area contributed by atoms with E-state index in [4.69, 9.17) is 11.6 Å². The van der Waals surface area contributed by atoms with Crippen molar-refractivity contribution in [1.29, 1.82) is 0 Å². The lowest BCUT2D eigenvalue weighted by atomic mass is 10.1. The number of carbonyl (C=O) groups excluding carboxylic acids is 1. The first-order valence-corrected chi connectivity index (χ1v) is 8.43. The van der Waals surface area contributed by atoms with E-state index < -0.39 is 4.92 Å². The van der Waals surface area contributed by atoms with Crippen molar-refractivity contribution in [1.82, 2.24) is 5.32 Å². The van der Waals surface area contributed by atoms with Crippen molar-refractivity contribution in [3.63, 3.8) is 0 Å². The van der Waals surface area contributed by atoms with Crippen LogP contribution in [0.5, 0.6) is 0 Å². The largest absolute Gasteiger partial charge is 0.377 e. The smallest absolute Gasteiger partial charge is 0.293 e. The highest BCUT2D eigenvalue weighted by atomic mass is 35.5. The molecule has 3 rings (SSSR count). The third-order valence-electron chi connectivity index (χ3n) is 4.11. The first kappa shape index (κ1) is 17.2. The molecule has 2 N–H and O–H groups in total. The lowest BCUT2D eigenvalue weighted by Crippen LogP contribution is -2.26. The molecule has 1 aliphatic rings. The summed E-state index contributed by atoms with van der Waals surface area (Å²) in [5, 5.41) is 17.9. The standard InChI is InChI=1S/C18H18ClN3O3/c1-11(12-2-5-14(19)6-3-12)20-18(23)13-4-9-16(21-15-7-8-15)17(10-13)22(24)25/h2-6,9-11,15,21H,7-8H2,1H3,(H,20,23). The van der Waals surface area contributed by atoms with Crippen molar-refractivity contribution in [3.8, 4) is 0 Å². The van der Waals surface area contributed by atoms with E-state index in [1.54, 1.807) is 24.3 Å². The Kier molecular flexibility index (Phi) is 4.90. The number of nitrogens with zero attached hydrogens (tertiary/aromatic N) is 1. The molecule has 2 aromatic rings. The minimum Gasteiger partial charge on any atom is -0.377 e. The molecule has 1 saturated carbocycles. The van der Waals surface area contributed by atoms with Gasteiger partial charge in [-0.25, -0.2) is 0 Å². The van der Waals surface area contributed by atoms with Crippen LogP contribution in [-0.4, -0.2) is 16.9 Å². The molecule has 6 nitrogen and oxygen atoms in total. The maximum absolute atomic E-state index is 12.4. The third kappa shape index (κ3) is 4.28. The Morgan fingerprint density at radius 3 is 2.52 bits per heavy atom. The Balaban J connectivity index is 1.75. The van der Waals surface area contributed by atoms with Crippen LogP contribution in [0, 0.1) is 10.1 Å². The minimum atomic E-state index is -0.468. The van der Waals surface area contributed by atoms with E-state index in [1.807, 2.05) is 19.1 Å². The lowest BCUT2D eigenvalue weighted by Gasteiger charge is -2.15. The highest BCUT2D eigenvalue weighted by molar-refractivity contribution is 6.30. The van der Waals surface area contributed by atoms with Crippen LogP contribution < -0.4 is 10.6 Å². The van der Waals surface area contributed by atoms with Crippen LogP contribution in [0.15, 0.2) is 42.5 Å². The van der Waals surface area contributed by atoms with Gasteiger partial charge in [-0.15, -0.1) is 0 Å². The average molecular weight is 360 g/mol. The molecular formula is C18H18ClN3O3. The van der Waals surface area contributed by atoms with Crippen molar-refractivity contribution in [2.45, 2.75) is 31.8 Å². The van der Waals surface area contributed by atoms with Crippen LogP contribution in [0.25, 0.3) is 0 Å². The molecule has 1 fully saturated rings. The Bertz CT molecular complexity index is 804. The van der Waals surface area contributed by atoms with Gasteiger partial charge in [0.25, 0.3) is 11.6 Å². The van der Waals surface area contributed by atoms with Crippen LogP contribution >= 0.6 is 11.6 Å². The van der Waals surface area contributed by atoms with Crippen molar-refractivity contribution in [2.75, 3.05) is 5.32 Å². The molecule has 0 saturated heterocycles. The topological polar surface area (TPSA) is 84.3 Å². The SMILES string of the molecule is CC(NC(=O)c1ccc(NC2CC2)c([N+](=O)[O-])c1)c1ccc(Cl)cc1. The van der Waals surface area contributed by atoms with E-state index in [0.29, 0.717) is 16.8 Å². The number of benzene rings is 2. The molecule has 1 atom stereocenters. The monoisotopic (exact) mass is 359 g/mol. The van der Waals surface area contributed by atoms with Crippen molar-refractivity contribution in [3.05, 3.63) is 68.7 Å². The molecule has 25 heavy (non-hydrogen) atoms. The van der Waals surface area contributed by atoms with Gasteiger partial charge in [0.2, 0.25) is 0 Å². The summed E-state index contributed by atoms with van der Waals surface area (Å²) in [6.45, 7) is 1.85. The number of nitro groups is 1. The summed E-state index contributed by atoms with van der Waals surface area (Å²) in [6.07, 6.45) is 2.02. The zero-order valence-electron chi connectivity index (χ0n) is 13.7. The van der Waals surface area contributed by atoms with Gasteiger partial charge in [0, 0.05) is 22.7 Å². The third-order valence-corrected chi connectivity index (χ3v) is 4.36. The normalized spacial score (nSPS) is 14.6. The van der Waals surface area contributed by atoms with Gasteiger partial charge in [-0.2, -0.15) is 0 Å². The predicted molar refractivity (Wildman–Crippen MR) is 97.1 cm³/mol. The van der Waals surface area contributed by atoms with Gasteiger partial charge in [-0.3, -0.25) is 14.9 Å². The van der Waals surface area contributed by atoms with Crippen LogP contribution in [0.4, 0.5) is 11.4 Å². The highest BCUT2D eigenvalue weighted by Crippen LogP contribution is 2.31. The van der Waals surface area contributed by atoms with E-state index in [2.05, 4.69) is 10.6 Å². The molecule has 7 heteroatoms. The number of halogens is 1. The Labute approximate surface area is 150 Å². The van der Waals surface area contributed by atoms with Crippen LogP contribution in [0.3, 0.4) is 0 Å². The van der Waals surface area contributed by atoms with Gasteiger partial charge in [-0.05, 0) is 49.6 Å². The molecule has 0 spiro atoms. The predicted octanol–water partition coefficient (Wildman–Crippen LogP) is 4.31. The number of anilines is 1. The van der Waals surface area contributed by atoms with Crippen molar-refractivity contribution in [2.24, 2.45) is 0 Å². The molecule has 1 amide bonds. The van der Waals surface area contributed by atoms with Gasteiger partial charge < -0.3 is 10.6 Å². The summed E-state index contributed by atoms with van der Waals surface area (Å²) in [6, 6.07) is 11.7. The summed E-state index contributed by atoms with van der Waals surface area (Å²) in [5.74, 6) is -0.358. The molecule has 1 aliphatic carbocycles. The van der Waals surface area contributed by atoms with Gasteiger partial charge in [0.05, 0.1) is 11.0 Å². The second-order valence-corrected chi connectivity index (χ2v) is 6.59. The van der Waals surface area contributed by atoms with Crippen LogP contribution in [0.2, 0.25) is 5.02 Å². The molecule has 0 aromatic heterocycles. The highest BCUT2D eigenvalue weighted by Gasteiger charge is 2.25. The summed E-state index contributed by atoms with van der Waals surface area (Å²) in [7, 11) is 0. The second kappa shape index (κ2) is 7.11. The Hall–Kier alpha value is -2.60. The first-order valence-electron chi connectivity index (χ1n) is 8.05. The fourth-order valence-corrected chi connectivity index (χ4v) is 2.63. The van der Waals surface area contributed by atoms with E-state index >= 15 is 0 Å². The molecule has 0 bridgehead atoms. The van der Waals surface area contributed by atoms with Crippen LogP contribution in [0.1, 0.15) is 41.7 Å². The summed E-state index contributed by atoms with van der Waals surface area (Å²) < 4.78 is 0. The van der Waals surface area contributed by atoms with Gasteiger partial charge >= 0.3 is 0 Å². The summed E-state index contributed by atoms with van der Waals surface area (Å²) in [4.78, 5) is 23.3. The molecule has 0 aliphatic heterocycles. The van der Waals surface area contributed by atoms with Gasteiger partial charge in [-0.1, -0.05) is 23.7 Å². The van der Waals surface area contributed by atoms with E-state index in [-0.39, 0.29) is 23.2 Å². The number of nitro benzene ring substituents is 1. The van der Waals surface area contributed by atoms with Crippen molar-refractivity contribution >= 4 is 28.9 Å². The molecule has 0 heterocycles. The maximum atomic E-state index is 12.4. The summed E-state index contributed by atoms with van der Waals surface area (Å²) >= 11 is 5.86. The van der Waals surface area contributed by atoms with Gasteiger partial charge in [0.1, 0.15) is 5.69 Å². The number of carbonyl (C=O) groups is 1. The fourth-order valence-electron chi connectivity index (χ4n) is 2.51.